The highest BCUT2D eigenvalue weighted by atomic mass is 16.3. The third-order valence-electron chi connectivity index (χ3n) is 10.9. The molecule has 1 aliphatic carbocycles. The molecule has 5 amide bonds. The average Bonchev–Trinajstić information content (AvgIpc) is 3.97. The number of hydrogen-bond acceptors (Lipinski definition) is 11. The first-order valence-electron chi connectivity index (χ1n) is 18.7. The highest BCUT2D eigenvalue weighted by Crippen LogP contribution is 2.38. The Labute approximate surface area is 322 Å². The topological polar surface area (TPSA) is 201 Å². The van der Waals surface area contributed by atoms with E-state index in [1.165, 1.54) is 11.9 Å². The van der Waals surface area contributed by atoms with Gasteiger partial charge in [0.05, 0.1) is 18.4 Å². The number of urea groups is 2. The predicted octanol–water partition coefficient (Wildman–Crippen LogP) is 2.78. The second-order valence-corrected chi connectivity index (χ2v) is 14.6. The van der Waals surface area contributed by atoms with Gasteiger partial charge in [-0.25, -0.2) is 14.6 Å². The number of amides is 5. The first kappa shape index (κ1) is 36.7. The number of imide groups is 1. The summed E-state index contributed by atoms with van der Waals surface area (Å²) in [6, 6.07) is 24.3. The third-order valence-corrected chi connectivity index (χ3v) is 10.9. The molecule has 3 aromatic carbocycles. The molecule has 16 heteroatoms. The number of aromatic nitrogens is 4. The number of benzene rings is 3. The van der Waals surface area contributed by atoms with Crippen molar-refractivity contribution >= 4 is 40.9 Å². The summed E-state index contributed by atoms with van der Waals surface area (Å²) >= 11 is 0. The lowest BCUT2D eigenvalue weighted by Crippen LogP contribution is -2.47. The van der Waals surface area contributed by atoms with Crippen molar-refractivity contribution in [1.82, 2.24) is 40.0 Å². The van der Waals surface area contributed by atoms with Crippen LogP contribution in [0.3, 0.4) is 0 Å². The summed E-state index contributed by atoms with van der Waals surface area (Å²) in [6.45, 7) is 1.60. The van der Waals surface area contributed by atoms with E-state index in [1.54, 1.807) is 29.1 Å². The van der Waals surface area contributed by atoms with Crippen LogP contribution in [0, 0.1) is 0 Å². The Morgan fingerprint density at radius 2 is 1.64 bits per heavy atom. The van der Waals surface area contributed by atoms with Crippen LogP contribution < -0.4 is 20.9 Å². The summed E-state index contributed by atoms with van der Waals surface area (Å²) in [4.78, 5) is 57.5. The Bertz CT molecular complexity index is 2180. The fourth-order valence-electron chi connectivity index (χ4n) is 8.04. The lowest BCUT2D eigenvalue weighted by atomic mass is 9.91. The van der Waals surface area contributed by atoms with Gasteiger partial charge in [0.25, 0.3) is 5.91 Å². The molecule has 56 heavy (non-hydrogen) atoms. The van der Waals surface area contributed by atoms with Crippen LogP contribution in [0.1, 0.15) is 41.5 Å². The standard InChI is InChI=1S/C40H44N10O6/c1-47-22-32(52)50(40(47)56)31-18-30(34(53)35(31)54)49-23-43-33-36(41-20-29(25-10-4-2-5-11-25)26-12-6-3-7-13-26)45-38(46-37(33)49)48-16-15-27(21-48)44-39(55)42-19-24-9-8-14-28(51)17-24/h2-14,17,23,27,29-31,34-35,51,53-54H,15-16,18-22H2,1H3,(H,41,45,46)(H2,42,44,55)/t27-,30-,31+,34+,35-/m1/s1. The zero-order valence-corrected chi connectivity index (χ0v) is 30.8. The number of likely N-dealkylation sites (N-methyl/N-ethyl adjacent to an activating group) is 1. The van der Waals surface area contributed by atoms with Gasteiger partial charge < -0.3 is 45.6 Å². The largest absolute Gasteiger partial charge is 0.508 e. The molecule has 0 spiro atoms. The minimum atomic E-state index is -1.38. The molecule has 0 unspecified atom stereocenters. The minimum Gasteiger partial charge on any atom is -0.508 e. The molecule has 4 heterocycles. The van der Waals surface area contributed by atoms with Gasteiger partial charge >= 0.3 is 12.1 Å². The Hall–Kier alpha value is -6.26. The summed E-state index contributed by atoms with van der Waals surface area (Å²) in [7, 11) is 1.52. The van der Waals surface area contributed by atoms with Gasteiger partial charge in [0.2, 0.25) is 5.95 Å². The third kappa shape index (κ3) is 7.27. The summed E-state index contributed by atoms with van der Waals surface area (Å²) in [5, 5.41) is 41.8. The van der Waals surface area contributed by atoms with Crippen LogP contribution in [-0.2, 0) is 11.3 Å². The molecule has 5 aromatic rings. The van der Waals surface area contributed by atoms with Crippen LogP contribution in [-0.4, -0.2) is 120 Å². The van der Waals surface area contributed by atoms with E-state index in [0.29, 0.717) is 49.0 Å². The number of hydrogen-bond donors (Lipinski definition) is 6. The number of nitrogens with zero attached hydrogens (tertiary/aromatic N) is 7. The quantitative estimate of drug-likeness (QED) is 0.108. The number of carbonyl (C=O) groups is 3. The highest BCUT2D eigenvalue weighted by molar-refractivity contribution is 6.02. The minimum absolute atomic E-state index is 0.0343. The molecule has 2 aliphatic heterocycles. The van der Waals surface area contributed by atoms with Gasteiger partial charge in [0.15, 0.2) is 17.0 Å². The van der Waals surface area contributed by atoms with Crippen molar-refractivity contribution in [3.05, 3.63) is 108 Å². The van der Waals surface area contributed by atoms with Gasteiger partial charge in [-0.2, -0.15) is 9.97 Å². The summed E-state index contributed by atoms with van der Waals surface area (Å²) in [6.07, 6.45) is -0.420. The summed E-state index contributed by atoms with van der Waals surface area (Å²) in [5.41, 5.74) is 3.85. The van der Waals surface area contributed by atoms with Gasteiger partial charge in [-0.05, 0) is 41.7 Å². The number of imidazole rings is 1. The van der Waals surface area contributed by atoms with Crippen LogP contribution in [0.15, 0.2) is 91.3 Å². The molecule has 6 N–H and O–H groups in total. The zero-order valence-electron chi connectivity index (χ0n) is 30.8. The highest BCUT2D eigenvalue weighted by Gasteiger charge is 2.51. The van der Waals surface area contributed by atoms with Crippen molar-refractivity contribution in [2.24, 2.45) is 0 Å². The van der Waals surface area contributed by atoms with Crippen molar-refractivity contribution in [3.63, 3.8) is 0 Å². The Morgan fingerprint density at radius 3 is 2.32 bits per heavy atom. The number of fused-ring (bicyclic) bond motifs is 1. The fourth-order valence-corrected chi connectivity index (χ4v) is 8.04. The normalized spacial score (nSPS) is 22.4. The maximum absolute atomic E-state index is 12.9. The van der Waals surface area contributed by atoms with E-state index < -0.39 is 36.2 Å². The molecule has 0 radical (unpaired) electrons. The molecule has 1 saturated carbocycles. The second-order valence-electron chi connectivity index (χ2n) is 14.6. The van der Waals surface area contributed by atoms with Gasteiger partial charge in [-0.1, -0.05) is 72.8 Å². The van der Waals surface area contributed by atoms with Crippen molar-refractivity contribution in [3.8, 4) is 5.75 Å². The number of rotatable bonds is 11. The van der Waals surface area contributed by atoms with Crippen molar-refractivity contribution in [2.45, 2.75) is 55.6 Å². The lowest BCUT2D eigenvalue weighted by Gasteiger charge is -2.24. The first-order chi connectivity index (χ1) is 27.1. The SMILES string of the molecule is CN1CC(=O)N([C@H]2C[C@@H](n3cnc4c(NCC(c5ccccc5)c5ccccc5)nc(N5CC[C@@H](NC(=O)NCc6cccc(O)c6)C5)nc43)[C@H](O)[C@@H]2O)C1=O. The Balaban J connectivity index is 1.08. The van der Waals surface area contributed by atoms with Gasteiger partial charge in [-0.15, -0.1) is 0 Å². The van der Waals surface area contributed by atoms with Crippen LogP contribution in [0.25, 0.3) is 11.2 Å². The van der Waals surface area contributed by atoms with E-state index in [4.69, 9.17) is 15.0 Å². The number of aliphatic hydroxyl groups is 2. The Kier molecular flexibility index (Phi) is 10.1. The van der Waals surface area contributed by atoms with E-state index in [-0.39, 0.29) is 43.3 Å². The molecular weight excluding hydrogens is 717 g/mol. The molecule has 5 atom stereocenters. The molecule has 3 fully saturated rings. The van der Waals surface area contributed by atoms with Crippen LogP contribution >= 0.6 is 0 Å². The zero-order chi connectivity index (χ0) is 38.9. The molecule has 290 valence electrons. The number of carbonyl (C=O) groups excluding carboxylic acids is 3. The summed E-state index contributed by atoms with van der Waals surface area (Å²) in [5.74, 6) is 0.517. The van der Waals surface area contributed by atoms with Gasteiger partial charge in [0, 0.05) is 45.2 Å². The van der Waals surface area contributed by atoms with Crippen LogP contribution in [0.4, 0.5) is 21.4 Å². The van der Waals surface area contributed by atoms with E-state index in [0.717, 1.165) is 21.6 Å². The van der Waals surface area contributed by atoms with Crippen molar-refractivity contribution in [1.29, 1.82) is 0 Å². The van der Waals surface area contributed by atoms with Gasteiger partial charge in [-0.3, -0.25) is 9.69 Å². The van der Waals surface area contributed by atoms with Crippen molar-refractivity contribution in [2.75, 3.05) is 43.4 Å². The fraction of sp³-hybridized carbons (Fsp3) is 0.350. The molecule has 2 saturated heterocycles. The number of nitrogens with one attached hydrogen (secondary N) is 3. The maximum atomic E-state index is 12.9. The van der Waals surface area contributed by atoms with Crippen molar-refractivity contribution < 1.29 is 29.7 Å². The monoisotopic (exact) mass is 760 g/mol. The molecule has 0 bridgehead atoms. The number of aromatic hydroxyl groups is 1. The molecular formula is C40H44N10O6. The molecule has 2 aromatic heterocycles. The van der Waals surface area contributed by atoms with E-state index in [1.807, 2.05) is 47.4 Å². The molecule has 16 nitrogen and oxygen atoms in total. The van der Waals surface area contributed by atoms with Gasteiger partial charge in [0.1, 0.15) is 24.5 Å². The Morgan fingerprint density at radius 1 is 0.929 bits per heavy atom. The second kappa shape index (κ2) is 15.5. The molecule has 3 aliphatic rings. The summed E-state index contributed by atoms with van der Waals surface area (Å²) < 4.78 is 1.70. The number of anilines is 2. The number of aliphatic hydroxyl groups excluding tert-OH is 2. The average molecular weight is 761 g/mol. The van der Waals surface area contributed by atoms with Crippen LogP contribution in [0.5, 0.6) is 5.75 Å². The first-order valence-corrected chi connectivity index (χ1v) is 18.7. The molecule has 8 rings (SSSR count). The van der Waals surface area contributed by atoms with E-state index in [9.17, 15) is 29.7 Å². The van der Waals surface area contributed by atoms with E-state index in [2.05, 4.69) is 40.2 Å². The van der Waals surface area contributed by atoms with Crippen LogP contribution in [0.2, 0.25) is 0 Å². The smallest absolute Gasteiger partial charge is 0.327 e. The predicted molar refractivity (Wildman–Crippen MR) is 207 cm³/mol. The number of phenols is 1. The number of phenolic OH excluding ortho intramolecular Hbond substituents is 1. The maximum Gasteiger partial charge on any atom is 0.327 e. The lowest BCUT2D eigenvalue weighted by molar-refractivity contribution is -0.128. The van der Waals surface area contributed by atoms with E-state index >= 15 is 0 Å².